The van der Waals surface area contributed by atoms with E-state index in [0.717, 1.165) is 0 Å². The molecule has 0 unspecified atom stereocenters. The highest BCUT2D eigenvalue weighted by Gasteiger charge is 2.00. The molecule has 0 atom stereocenters. The van der Waals surface area contributed by atoms with Crippen LogP contribution in [-0.4, -0.2) is 4.99 Å². The number of nitrogens with two attached hydrogens (primary N) is 1. The minimum absolute atomic E-state index is 0.311. The molecule has 0 aromatic rings. The largest absolute Gasteiger partial charge is 0.393 e. The summed E-state index contributed by atoms with van der Waals surface area (Å²) in [5.74, 6) is -0.311. The minimum atomic E-state index is -0.311. The van der Waals surface area contributed by atoms with Gasteiger partial charge >= 0.3 is 0 Å². The molecular weight excluding hydrogens is 185 g/mol. The Labute approximate surface area is 83.8 Å². The van der Waals surface area contributed by atoms with Crippen molar-refractivity contribution >= 4 is 17.2 Å². The van der Waals surface area contributed by atoms with Gasteiger partial charge in [0.2, 0.25) is 0 Å². The number of allylic oxidation sites excluding steroid dienone is 5. The van der Waals surface area contributed by atoms with Gasteiger partial charge in [-0.1, -0.05) is 30.9 Å². The smallest absolute Gasteiger partial charge is 0.125 e. The topological polar surface area (TPSA) is 26.0 Å². The highest BCUT2D eigenvalue weighted by atomic mass is 32.1. The molecule has 0 saturated carbocycles. The van der Waals surface area contributed by atoms with Gasteiger partial charge in [0, 0.05) is 6.42 Å². The molecular formula is C10H14FNS. The molecule has 0 aliphatic carbocycles. The molecule has 0 spiro atoms. The van der Waals surface area contributed by atoms with Gasteiger partial charge in [0.15, 0.2) is 0 Å². The summed E-state index contributed by atoms with van der Waals surface area (Å²) in [4.78, 5) is 0.389. The van der Waals surface area contributed by atoms with E-state index in [9.17, 15) is 4.39 Å². The van der Waals surface area contributed by atoms with Crippen LogP contribution in [0.3, 0.4) is 0 Å². The Morgan fingerprint density at radius 2 is 2.15 bits per heavy atom. The number of halogens is 1. The number of hydrogen-bond acceptors (Lipinski definition) is 1. The van der Waals surface area contributed by atoms with Gasteiger partial charge in [-0.15, -0.1) is 0 Å². The monoisotopic (exact) mass is 199 g/mol. The van der Waals surface area contributed by atoms with Gasteiger partial charge in [-0.05, 0) is 25.0 Å². The fraction of sp³-hybridized carbons (Fsp3) is 0.300. The van der Waals surface area contributed by atoms with E-state index in [-0.39, 0.29) is 5.83 Å². The van der Waals surface area contributed by atoms with Crippen LogP contribution >= 0.6 is 12.2 Å². The Hall–Kier alpha value is -0.960. The molecule has 2 N–H and O–H groups in total. The normalized spacial score (nSPS) is 12.0. The molecule has 13 heavy (non-hydrogen) atoms. The first-order chi connectivity index (χ1) is 6.07. The third-order valence-corrected chi connectivity index (χ3v) is 1.65. The van der Waals surface area contributed by atoms with E-state index in [1.165, 1.54) is 6.08 Å². The third-order valence-electron chi connectivity index (χ3n) is 1.45. The van der Waals surface area contributed by atoms with Crippen LogP contribution in [-0.2, 0) is 0 Å². The van der Waals surface area contributed by atoms with Gasteiger partial charge in [0.1, 0.15) is 5.83 Å². The second kappa shape index (κ2) is 6.54. The average molecular weight is 199 g/mol. The lowest BCUT2D eigenvalue weighted by atomic mass is 10.1. The van der Waals surface area contributed by atoms with Crippen LogP contribution in [0.2, 0.25) is 0 Å². The second-order valence-electron chi connectivity index (χ2n) is 2.61. The highest BCUT2D eigenvalue weighted by molar-refractivity contribution is 7.80. The van der Waals surface area contributed by atoms with Crippen molar-refractivity contribution in [2.45, 2.75) is 19.8 Å². The minimum Gasteiger partial charge on any atom is -0.393 e. The van der Waals surface area contributed by atoms with E-state index in [2.05, 4.69) is 18.8 Å². The molecule has 1 nitrogen and oxygen atoms in total. The van der Waals surface area contributed by atoms with Crippen molar-refractivity contribution in [3.8, 4) is 0 Å². The van der Waals surface area contributed by atoms with Crippen molar-refractivity contribution in [3.05, 3.63) is 36.2 Å². The summed E-state index contributed by atoms with van der Waals surface area (Å²) in [6.07, 6.45) is 5.74. The Morgan fingerprint density at radius 1 is 1.54 bits per heavy atom. The second-order valence-corrected chi connectivity index (χ2v) is 3.13. The molecule has 0 bridgehead atoms. The Bertz CT molecular complexity index is 254. The molecule has 0 fully saturated rings. The van der Waals surface area contributed by atoms with Crippen molar-refractivity contribution in [1.29, 1.82) is 0 Å². The average Bonchev–Trinajstić information content (AvgIpc) is 2.10. The van der Waals surface area contributed by atoms with Gasteiger partial charge in [-0.25, -0.2) is 4.39 Å². The SMILES string of the molecule is C=C(CCC(N)=S)C(F)=CC=CC. The number of hydrogen-bond donors (Lipinski definition) is 1. The summed E-state index contributed by atoms with van der Waals surface area (Å²) in [7, 11) is 0. The van der Waals surface area contributed by atoms with Gasteiger partial charge in [0.05, 0.1) is 4.99 Å². The predicted molar refractivity (Wildman–Crippen MR) is 59.2 cm³/mol. The molecule has 0 heterocycles. The molecule has 0 aliphatic heterocycles. The van der Waals surface area contributed by atoms with E-state index in [1.807, 2.05) is 6.92 Å². The van der Waals surface area contributed by atoms with Crippen molar-refractivity contribution in [2.75, 3.05) is 0 Å². The highest BCUT2D eigenvalue weighted by Crippen LogP contribution is 2.15. The van der Waals surface area contributed by atoms with Crippen LogP contribution in [0.1, 0.15) is 19.8 Å². The van der Waals surface area contributed by atoms with Crippen molar-refractivity contribution in [2.24, 2.45) is 5.73 Å². The van der Waals surface area contributed by atoms with Crippen LogP contribution in [0.5, 0.6) is 0 Å². The van der Waals surface area contributed by atoms with E-state index < -0.39 is 0 Å². The van der Waals surface area contributed by atoms with Crippen molar-refractivity contribution in [1.82, 2.24) is 0 Å². The summed E-state index contributed by atoms with van der Waals surface area (Å²) >= 11 is 4.67. The van der Waals surface area contributed by atoms with Gasteiger partial charge in [-0.3, -0.25) is 0 Å². The molecule has 0 rings (SSSR count). The van der Waals surface area contributed by atoms with Crippen LogP contribution in [0.25, 0.3) is 0 Å². The zero-order valence-corrected chi connectivity index (χ0v) is 8.53. The van der Waals surface area contributed by atoms with E-state index in [1.54, 1.807) is 12.2 Å². The lowest BCUT2D eigenvalue weighted by Gasteiger charge is -2.00. The first-order valence-electron chi connectivity index (χ1n) is 4.03. The Morgan fingerprint density at radius 3 is 2.62 bits per heavy atom. The standard InChI is InChI=1S/C10H14FNS/c1-3-4-5-9(11)8(2)6-7-10(12)13/h3-5H,2,6-7H2,1H3,(H2,12,13). The number of rotatable bonds is 5. The molecule has 0 aromatic heterocycles. The van der Waals surface area contributed by atoms with Crippen molar-refractivity contribution in [3.63, 3.8) is 0 Å². The van der Waals surface area contributed by atoms with Crippen LogP contribution < -0.4 is 5.73 Å². The van der Waals surface area contributed by atoms with E-state index in [4.69, 9.17) is 5.73 Å². The van der Waals surface area contributed by atoms with E-state index >= 15 is 0 Å². The molecule has 0 amide bonds. The van der Waals surface area contributed by atoms with Crippen LogP contribution in [0, 0.1) is 0 Å². The summed E-state index contributed by atoms with van der Waals surface area (Å²) < 4.78 is 13.1. The molecule has 3 heteroatoms. The molecule has 0 saturated heterocycles. The zero-order chi connectivity index (χ0) is 10.3. The lowest BCUT2D eigenvalue weighted by Crippen LogP contribution is -2.07. The molecule has 72 valence electrons. The lowest BCUT2D eigenvalue weighted by molar-refractivity contribution is 0.642. The number of thiocarbonyl (C=S) groups is 1. The van der Waals surface area contributed by atoms with Gasteiger partial charge in [-0.2, -0.15) is 0 Å². The van der Waals surface area contributed by atoms with Gasteiger partial charge < -0.3 is 5.73 Å². The quantitative estimate of drug-likeness (QED) is 0.544. The predicted octanol–water partition coefficient (Wildman–Crippen LogP) is 3.04. The maximum Gasteiger partial charge on any atom is 0.125 e. The first kappa shape index (κ1) is 12.0. The fourth-order valence-electron chi connectivity index (χ4n) is 0.692. The van der Waals surface area contributed by atoms with Crippen molar-refractivity contribution < 1.29 is 4.39 Å². The Balaban J connectivity index is 4.03. The van der Waals surface area contributed by atoms with Gasteiger partial charge in [0.25, 0.3) is 0 Å². The summed E-state index contributed by atoms with van der Waals surface area (Å²) in [5, 5.41) is 0. The third kappa shape index (κ3) is 6.22. The first-order valence-corrected chi connectivity index (χ1v) is 4.43. The molecule has 0 aromatic carbocycles. The fourth-order valence-corrected chi connectivity index (χ4v) is 0.794. The molecule has 0 radical (unpaired) electrons. The maximum absolute atomic E-state index is 13.1. The maximum atomic E-state index is 13.1. The Kier molecular flexibility index (Phi) is 6.06. The summed E-state index contributed by atoms with van der Waals surface area (Å²) in [5.41, 5.74) is 5.71. The summed E-state index contributed by atoms with van der Waals surface area (Å²) in [6.45, 7) is 5.41. The van der Waals surface area contributed by atoms with E-state index in [0.29, 0.717) is 23.4 Å². The van der Waals surface area contributed by atoms with Crippen LogP contribution in [0.4, 0.5) is 4.39 Å². The molecule has 0 aliphatic rings. The zero-order valence-electron chi connectivity index (χ0n) is 7.72. The summed E-state index contributed by atoms with van der Waals surface area (Å²) in [6, 6.07) is 0. The van der Waals surface area contributed by atoms with Crippen LogP contribution in [0.15, 0.2) is 36.2 Å².